The van der Waals surface area contributed by atoms with E-state index < -0.39 is 10.0 Å². The molecule has 0 spiro atoms. The van der Waals surface area contributed by atoms with Gasteiger partial charge >= 0.3 is 0 Å². The summed E-state index contributed by atoms with van der Waals surface area (Å²) in [7, 11) is -3.34. The average molecular weight is 388 g/mol. The van der Waals surface area contributed by atoms with E-state index in [9.17, 15) is 13.2 Å². The first-order chi connectivity index (χ1) is 12.8. The highest BCUT2D eigenvalue weighted by Gasteiger charge is 2.32. The van der Waals surface area contributed by atoms with Gasteiger partial charge in [0.05, 0.1) is 11.9 Å². The van der Waals surface area contributed by atoms with E-state index in [1.165, 1.54) is 10.6 Å². The van der Waals surface area contributed by atoms with Gasteiger partial charge < -0.3 is 14.8 Å². The maximum absolute atomic E-state index is 12.5. The smallest absolute Gasteiger partial charge is 0.251 e. The summed E-state index contributed by atoms with van der Waals surface area (Å²) in [6, 6.07) is 10.5. The van der Waals surface area contributed by atoms with Crippen LogP contribution < -0.4 is 19.1 Å². The van der Waals surface area contributed by atoms with Gasteiger partial charge in [-0.1, -0.05) is 6.07 Å². The Balaban J connectivity index is 1.48. The lowest BCUT2D eigenvalue weighted by Gasteiger charge is -2.21. The van der Waals surface area contributed by atoms with Gasteiger partial charge in [0.25, 0.3) is 5.91 Å². The van der Waals surface area contributed by atoms with Crippen LogP contribution in [-0.2, 0) is 23.0 Å². The number of carbonyl (C=O) groups excluding carboxylic acids is 1. The molecule has 1 N–H and O–H groups in total. The minimum absolute atomic E-state index is 0.151. The molecule has 8 heteroatoms. The molecule has 2 aromatic carbocycles. The number of nitrogens with zero attached hydrogens (tertiary/aromatic N) is 1. The summed E-state index contributed by atoms with van der Waals surface area (Å²) in [5.74, 6) is 1.17. The van der Waals surface area contributed by atoms with Crippen molar-refractivity contribution in [3.8, 4) is 11.5 Å². The highest BCUT2D eigenvalue weighted by Crippen LogP contribution is 2.35. The van der Waals surface area contributed by atoms with E-state index in [0.717, 1.165) is 11.1 Å². The Labute approximate surface area is 157 Å². The lowest BCUT2D eigenvalue weighted by Crippen LogP contribution is -2.34. The van der Waals surface area contributed by atoms with Crippen LogP contribution in [0.5, 0.6) is 11.5 Å². The molecule has 2 aliphatic rings. The van der Waals surface area contributed by atoms with Crippen LogP contribution in [0.25, 0.3) is 0 Å². The van der Waals surface area contributed by atoms with Gasteiger partial charge in [0.15, 0.2) is 11.5 Å². The second-order valence-electron chi connectivity index (χ2n) is 6.83. The van der Waals surface area contributed by atoms with E-state index in [2.05, 4.69) is 5.32 Å². The zero-order chi connectivity index (χ0) is 19.2. The van der Waals surface area contributed by atoms with Crippen LogP contribution in [-0.4, -0.2) is 33.4 Å². The van der Waals surface area contributed by atoms with Crippen LogP contribution in [0.3, 0.4) is 0 Å². The number of hydrogen-bond donors (Lipinski definition) is 1. The molecule has 0 aromatic heterocycles. The van der Waals surface area contributed by atoms with Crippen molar-refractivity contribution >= 4 is 21.6 Å². The van der Waals surface area contributed by atoms with Crippen LogP contribution in [0.4, 0.5) is 5.69 Å². The van der Waals surface area contributed by atoms with Crippen LogP contribution in [0.2, 0.25) is 0 Å². The quantitative estimate of drug-likeness (QED) is 0.867. The molecule has 0 radical (unpaired) electrons. The third-order valence-electron chi connectivity index (χ3n) is 4.74. The molecule has 1 unspecified atom stereocenters. The monoisotopic (exact) mass is 388 g/mol. The van der Waals surface area contributed by atoms with Crippen molar-refractivity contribution in [1.29, 1.82) is 0 Å². The molecule has 142 valence electrons. The second kappa shape index (κ2) is 6.45. The summed E-state index contributed by atoms with van der Waals surface area (Å²) >= 11 is 0. The molecule has 1 atom stereocenters. The lowest BCUT2D eigenvalue weighted by atomic mass is 10.1. The molecule has 27 heavy (non-hydrogen) atoms. The van der Waals surface area contributed by atoms with E-state index >= 15 is 0 Å². The molecule has 0 saturated carbocycles. The Bertz CT molecular complexity index is 1020. The zero-order valence-electron chi connectivity index (χ0n) is 15.1. The van der Waals surface area contributed by atoms with Gasteiger partial charge in [-0.2, -0.15) is 0 Å². The molecule has 0 bridgehead atoms. The largest absolute Gasteiger partial charge is 0.454 e. The fraction of sp³-hybridized carbons (Fsp3) is 0.316. The molecule has 0 aliphatic carbocycles. The van der Waals surface area contributed by atoms with E-state index in [1.807, 2.05) is 25.1 Å². The van der Waals surface area contributed by atoms with Gasteiger partial charge in [0, 0.05) is 18.2 Å². The molecule has 2 heterocycles. The number of sulfonamides is 1. The van der Waals surface area contributed by atoms with Crippen molar-refractivity contribution in [3.63, 3.8) is 0 Å². The van der Waals surface area contributed by atoms with Crippen LogP contribution >= 0.6 is 0 Å². The number of nitrogens with one attached hydrogen (secondary N) is 1. The molecule has 2 aliphatic heterocycles. The molecular weight excluding hydrogens is 368 g/mol. The van der Waals surface area contributed by atoms with Gasteiger partial charge in [-0.25, -0.2) is 8.42 Å². The SMILES string of the molecule is CC1Cc2cc(C(=O)NCc3ccc4c(c3)OCO4)ccc2N1S(C)(=O)=O. The fourth-order valence-corrected chi connectivity index (χ4v) is 4.85. The molecule has 0 fully saturated rings. The first kappa shape index (κ1) is 17.7. The first-order valence-corrected chi connectivity index (χ1v) is 10.5. The highest BCUT2D eigenvalue weighted by molar-refractivity contribution is 7.92. The summed E-state index contributed by atoms with van der Waals surface area (Å²) in [5.41, 5.74) is 2.93. The minimum Gasteiger partial charge on any atom is -0.454 e. The van der Waals surface area contributed by atoms with E-state index in [-0.39, 0.29) is 18.7 Å². The number of anilines is 1. The van der Waals surface area contributed by atoms with Crippen molar-refractivity contribution in [2.24, 2.45) is 0 Å². The van der Waals surface area contributed by atoms with Crippen molar-refractivity contribution in [2.45, 2.75) is 25.9 Å². The van der Waals surface area contributed by atoms with Crippen LogP contribution in [0.1, 0.15) is 28.4 Å². The van der Waals surface area contributed by atoms with E-state index in [4.69, 9.17) is 9.47 Å². The van der Waals surface area contributed by atoms with Gasteiger partial charge in [0.2, 0.25) is 16.8 Å². The third-order valence-corrected chi connectivity index (χ3v) is 6.01. The topological polar surface area (TPSA) is 84.9 Å². The maximum Gasteiger partial charge on any atom is 0.251 e. The molecular formula is C19H20N2O5S. The summed E-state index contributed by atoms with van der Waals surface area (Å²) in [5, 5.41) is 2.88. The Morgan fingerprint density at radius 1 is 1.19 bits per heavy atom. The van der Waals surface area contributed by atoms with Crippen LogP contribution in [0, 0.1) is 0 Å². The first-order valence-electron chi connectivity index (χ1n) is 8.62. The summed E-state index contributed by atoms with van der Waals surface area (Å²) in [6.45, 7) is 2.43. The van der Waals surface area contributed by atoms with Gasteiger partial charge in [-0.05, 0) is 54.8 Å². The number of ether oxygens (including phenoxy) is 2. The third kappa shape index (κ3) is 3.32. The van der Waals surface area contributed by atoms with E-state index in [1.54, 1.807) is 18.2 Å². The zero-order valence-corrected chi connectivity index (χ0v) is 15.9. The van der Waals surface area contributed by atoms with Crippen molar-refractivity contribution in [3.05, 3.63) is 53.1 Å². The molecule has 7 nitrogen and oxygen atoms in total. The van der Waals surface area contributed by atoms with Crippen molar-refractivity contribution in [2.75, 3.05) is 17.4 Å². The van der Waals surface area contributed by atoms with Gasteiger partial charge in [-0.3, -0.25) is 9.10 Å². The second-order valence-corrected chi connectivity index (χ2v) is 8.69. The number of fused-ring (bicyclic) bond motifs is 2. The Morgan fingerprint density at radius 2 is 1.96 bits per heavy atom. The predicted octanol–water partition coefficient (Wildman–Crippen LogP) is 2.06. The standard InChI is InChI=1S/C19H20N2O5S/c1-12-7-15-9-14(4-5-16(15)21(12)27(2,23)24)19(22)20-10-13-3-6-17-18(8-13)26-11-25-17/h3-6,8-9,12H,7,10-11H2,1-2H3,(H,20,22). The Morgan fingerprint density at radius 3 is 2.74 bits per heavy atom. The van der Waals surface area contributed by atoms with Crippen molar-refractivity contribution < 1.29 is 22.7 Å². The number of amides is 1. The number of hydrogen-bond acceptors (Lipinski definition) is 5. The predicted molar refractivity (Wildman–Crippen MR) is 101 cm³/mol. The fourth-order valence-electron chi connectivity index (χ4n) is 3.58. The summed E-state index contributed by atoms with van der Waals surface area (Å²) in [6.07, 6.45) is 1.79. The molecule has 4 rings (SSSR count). The van der Waals surface area contributed by atoms with Gasteiger partial charge in [0.1, 0.15) is 0 Å². The van der Waals surface area contributed by atoms with Gasteiger partial charge in [-0.15, -0.1) is 0 Å². The Kier molecular flexibility index (Phi) is 4.22. The summed E-state index contributed by atoms with van der Waals surface area (Å²) in [4.78, 5) is 12.5. The van der Waals surface area contributed by atoms with Crippen LogP contribution in [0.15, 0.2) is 36.4 Å². The normalized spacial score (nSPS) is 17.7. The number of benzene rings is 2. The average Bonchev–Trinajstić information content (AvgIpc) is 3.20. The number of rotatable bonds is 4. The lowest BCUT2D eigenvalue weighted by molar-refractivity contribution is 0.0950. The molecule has 0 saturated heterocycles. The number of carbonyl (C=O) groups is 1. The van der Waals surface area contributed by atoms with Crippen molar-refractivity contribution in [1.82, 2.24) is 5.32 Å². The molecule has 1 amide bonds. The minimum atomic E-state index is -3.34. The summed E-state index contributed by atoms with van der Waals surface area (Å²) < 4.78 is 36.0. The highest BCUT2D eigenvalue weighted by atomic mass is 32.2. The molecule has 2 aromatic rings. The van der Waals surface area contributed by atoms with E-state index in [0.29, 0.717) is 35.7 Å². The maximum atomic E-state index is 12.5. The Hall–Kier alpha value is -2.74.